The molecular formula is C24H29N3O4S2. The topological polar surface area (TPSA) is 88.6 Å². The van der Waals surface area contributed by atoms with Gasteiger partial charge in [-0.05, 0) is 61.4 Å². The van der Waals surface area contributed by atoms with E-state index in [1.54, 1.807) is 7.05 Å². The van der Waals surface area contributed by atoms with E-state index in [0.29, 0.717) is 23.8 Å². The molecule has 0 fully saturated rings. The average molecular weight is 488 g/mol. The molecule has 33 heavy (non-hydrogen) atoms. The van der Waals surface area contributed by atoms with Gasteiger partial charge in [-0.15, -0.1) is 11.3 Å². The lowest BCUT2D eigenvalue weighted by molar-refractivity contribution is 0.102. The largest absolute Gasteiger partial charge is 0.494 e. The summed E-state index contributed by atoms with van der Waals surface area (Å²) in [5.74, 6) is 0.467. The molecule has 1 heterocycles. The molecule has 0 spiro atoms. The molecule has 0 aliphatic heterocycles. The Labute approximate surface area is 199 Å². The van der Waals surface area contributed by atoms with E-state index in [9.17, 15) is 13.2 Å². The van der Waals surface area contributed by atoms with Crippen LogP contribution in [0.5, 0.6) is 5.75 Å². The van der Waals surface area contributed by atoms with Crippen molar-refractivity contribution in [2.45, 2.75) is 38.0 Å². The fraction of sp³-hybridized carbons (Fsp3) is 0.333. The first kappa shape index (κ1) is 24.9. The first-order valence-electron chi connectivity index (χ1n) is 10.9. The molecule has 0 saturated heterocycles. The maximum atomic E-state index is 12.6. The van der Waals surface area contributed by atoms with Gasteiger partial charge < -0.3 is 4.74 Å². The molecule has 1 aromatic heterocycles. The first-order chi connectivity index (χ1) is 15.8. The summed E-state index contributed by atoms with van der Waals surface area (Å²) in [7, 11) is -2.00. The van der Waals surface area contributed by atoms with Crippen LogP contribution in [0.25, 0.3) is 11.3 Å². The molecule has 9 heteroatoms. The molecule has 3 rings (SSSR count). The van der Waals surface area contributed by atoms with Crippen LogP contribution in [-0.2, 0) is 10.0 Å². The van der Waals surface area contributed by atoms with Gasteiger partial charge in [0, 0.05) is 30.1 Å². The number of rotatable bonds is 11. The van der Waals surface area contributed by atoms with E-state index < -0.39 is 10.0 Å². The zero-order valence-corrected chi connectivity index (χ0v) is 20.7. The lowest BCUT2D eigenvalue weighted by atomic mass is 10.2. The Morgan fingerprint density at radius 1 is 1.06 bits per heavy atom. The number of hydrogen-bond donors (Lipinski definition) is 1. The van der Waals surface area contributed by atoms with E-state index >= 15 is 0 Å². The second kappa shape index (κ2) is 11.4. The fourth-order valence-electron chi connectivity index (χ4n) is 3.03. The van der Waals surface area contributed by atoms with Crippen LogP contribution in [0.1, 0.15) is 43.5 Å². The van der Waals surface area contributed by atoms with Crippen molar-refractivity contribution in [3.63, 3.8) is 0 Å². The molecule has 3 aromatic rings. The van der Waals surface area contributed by atoms with Crippen molar-refractivity contribution >= 4 is 32.4 Å². The summed E-state index contributed by atoms with van der Waals surface area (Å²) in [5.41, 5.74) is 2.05. The van der Waals surface area contributed by atoms with Gasteiger partial charge in [-0.3, -0.25) is 10.1 Å². The molecule has 2 aromatic carbocycles. The standard InChI is InChI=1S/C24H29N3O4S2/c1-4-6-15-27(3)33(29,30)21-13-9-19(10-14-21)23(28)26-24-25-22(17-32-24)18-7-11-20(12-8-18)31-16-5-2/h7-14,17H,4-6,15-16H2,1-3H3,(H,25,26,28). The summed E-state index contributed by atoms with van der Waals surface area (Å²) in [4.78, 5) is 17.3. The molecule has 7 nitrogen and oxygen atoms in total. The quantitative estimate of drug-likeness (QED) is 0.398. The highest BCUT2D eigenvalue weighted by Crippen LogP contribution is 2.27. The number of thiazole rings is 1. The predicted octanol–water partition coefficient (Wildman–Crippen LogP) is 5.27. The lowest BCUT2D eigenvalue weighted by Gasteiger charge is -2.16. The SMILES string of the molecule is CCCCN(C)S(=O)(=O)c1ccc(C(=O)Nc2nc(-c3ccc(OCCC)cc3)cs2)cc1. The molecule has 0 unspecified atom stereocenters. The van der Waals surface area contributed by atoms with E-state index in [-0.39, 0.29) is 10.8 Å². The Balaban J connectivity index is 1.64. The normalized spacial score (nSPS) is 11.5. The maximum Gasteiger partial charge on any atom is 0.257 e. The zero-order valence-electron chi connectivity index (χ0n) is 19.1. The van der Waals surface area contributed by atoms with Crippen LogP contribution in [0.2, 0.25) is 0 Å². The third-order valence-corrected chi connectivity index (χ3v) is 7.63. The van der Waals surface area contributed by atoms with Crippen molar-refractivity contribution in [1.29, 1.82) is 0 Å². The van der Waals surface area contributed by atoms with Crippen LogP contribution in [0.4, 0.5) is 5.13 Å². The number of amides is 1. The molecular weight excluding hydrogens is 458 g/mol. The third-order valence-electron chi connectivity index (χ3n) is 5.00. The van der Waals surface area contributed by atoms with Gasteiger partial charge in [0.2, 0.25) is 10.0 Å². The van der Waals surface area contributed by atoms with Crippen molar-refractivity contribution in [3.8, 4) is 17.0 Å². The van der Waals surface area contributed by atoms with Gasteiger partial charge in [-0.25, -0.2) is 17.7 Å². The summed E-state index contributed by atoms with van der Waals surface area (Å²) in [6, 6.07) is 13.6. The van der Waals surface area contributed by atoms with Gasteiger partial charge in [0.15, 0.2) is 5.13 Å². The minimum atomic E-state index is -3.57. The Bertz CT molecular complexity index is 1160. The van der Waals surface area contributed by atoms with E-state index in [1.807, 2.05) is 36.6 Å². The fourth-order valence-corrected chi connectivity index (χ4v) is 4.96. The van der Waals surface area contributed by atoms with Crippen molar-refractivity contribution in [3.05, 3.63) is 59.5 Å². The Morgan fingerprint density at radius 2 is 1.76 bits per heavy atom. The molecule has 0 radical (unpaired) electrons. The van der Waals surface area contributed by atoms with Gasteiger partial charge in [0.05, 0.1) is 17.2 Å². The van der Waals surface area contributed by atoms with Crippen LogP contribution in [0.3, 0.4) is 0 Å². The number of ether oxygens (including phenoxy) is 1. The summed E-state index contributed by atoms with van der Waals surface area (Å²) < 4.78 is 32.2. The van der Waals surface area contributed by atoms with Crippen molar-refractivity contribution in [1.82, 2.24) is 9.29 Å². The number of carbonyl (C=O) groups is 1. The van der Waals surface area contributed by atoms with Crippen molar-refractivity contribution in [2.24, 2.45) is 0 Å². The van der Waals surface area contributed by atoms with Gasteiger partial charge in [0.1, 0.15) is 5.75 Å². The van der Waals surface area contributed by atoms with Gasteiger partial charge >= 0.3 is 0 Å². The minimum Gasteiger partial charge on any atom is -0.494 e. The molecule has 0 saturated carbocycles. The smallest absolute Gasteiger partial charge is 0.257 e. The predicted molar refractivity (Wildman–Crippen MR) is 132 cm³/mol. The van der Waals surface area contributed by atoms with Crippen molar-refractivity contribution in [2.75, 3.05) is 25.5 Å². The Kier molecular flexibility index (Phi) is 8.60. The number of sulfonamides is 1. The molecule has 1 amide bonds. The van der Waals surface area contributed by atoms with Gasteiger partial charge in [0.25, 0.3) is 5.91 Å². The number of nitrogens with zero attached hydrogens (tertiary/aromatic N) is 2. The maximum absolute atomic E-state index is 12.6. The van der Waals surface area contributed by atoms with Gasteiger partial charge in [-0.1, -0.05) is 20.3 Å². The average Bonchev–Trinajstić information content (AvgIpc) is 3.29. The molecule has 0 atom stereocenters. The molecule has 1 N–H and O–H groups in total. The highest BCUT2D eigenvalue weighted by atomic mass is 32.2. The monoisotopic (exact) mass is 487 g/mol. The molecule has 0 aliphatic carbocycles. The second-order valence-corrected chi connectivity index (χ2v) is 10.5. The number of aromatic nitrogens is 1. The van der Waals surface area contributed by atoms with Gasteiger partial charge in [-0.2, -0.15) is 0 Å². The molecule has 176 valence electrons. The number of hydrogen-bond acceptors (Lipinski definition) is 6. The summed E-state index contributed by atoms with van der Waals surface area (Å²) in [6.07, 6.45) is 2.66. The number of carbonyl (C=O) groups excluding carboxylic acids is 1. The van der Waals surface area contributed by atoms with E-state index in [2.05, 4.69) is 17.2 Å². The number of unbranched alkanes of at least 4 members (excludes halogenated alkanes) is 1. The summed E-state index contributed by atoms with van der Waals surface area (Å²) >= 11 is 1.33. The number of nitrogens with one attached hydrogen (secondary N) is 1. The number of anilines is 1. The first-order valence-corrected chi connectivity index (χ1v) is 13.2. The zero-order chi connectivity index (χ0) is 23.8. The molecule has 0 aliphatic rings. The van der Waals surface area contributed by atoms with E-state index in [0.717, 1.165) is 36.3 Å². The van der Waals surface area contributed by atoms with Crippen LogP contribution in [-0.4, -0.2) is 43.8 Å². The Hall–Kier alpha value is -2.75. The van der Waals surface area contributed by atoms with Crippen LogP contribution in [0, 0.1) is 0 Å². The minimum absolute atomic E-state index is 0.167. The van der Waals surface area contributed by atoms with E-state index in [1.165, 1.54) is 39.9 Å². The van der Waals surface area contributed by atoms with Crippen LogP contribution >= 0.6 is 11.3 Å². The van der Waals surface area contributed by atoms with Crippen molar-refractivity contribution < 1.29 is 17.9 Å². The highest BCUT2D eigenvalue weighted by Gasteiger charge is 2.20. The highest BCUT2D eigenvalue weighted by molar-refractivity contribution is 7.89. The lowest BCUT2D eigenvalue weighted by Crippen LogP contribution is -2.28. The second-order valence-electron chi connectivity index (χ2n) is 7.57. The van der Waals surface area contributed by atoms with E-state index in [4.69, 9.17) is 4.74 Å². The summed E-state index contributed by atoms with van der Waals surface area (Å²) in [5, 5.41) is 5.12. The van der Waals surface area contributed by atoms with Crippen LogP contribution < -0.4 is 10.1 Å². The van der Waals surface area contributed by atoms with Crippen LogP contribution in [0.15, 0.2) is 58.8 Å². The molecule has 0 bridgehead atoms. The number of benzene rings is 2. The Morgan fingerprint density at radius 3 is 2.39 bits per heavy atom. The third kappa shape index (κ3) is 6.40. The summed E-state index contributed by atoms with van der Waals surface area (Å²) in [6.45, 7) is 5.21.